The summed E-state index contributed by atoms with van der Waals surface area (Å²) in [5, 5.41) is 1.42. The predicted octanol–water partition coefficient (Wildman–Crippen LogP) is 5.70. The fraction of sp³-hybridized carbons (Fsp3) is 0.222. The first-order valence-corrected chi connectivity index (χ1v) is 8.42. The van der Waals surface area contributed by atoms with Crippen molar-refractivity contribution in [2.75, 3.05) is 6.54 Å². The van der Waals surface area contributed by atoms with Gasteiger partial charge in [0.15, 0.2) is 0 Å². The van der Waals surface area contributed by atoms with E-state index in [1.54, 1.807) is 18.2 Å². The summed E-state index contributed by atoms with van der Waals surface area (Å²) in [6, 6.07) is 7.37. The molecule has 0 amide bonds. The molecule has 3 rings (SSSR count). The van der Waals surface area contributed by atoms with E-state index in [0.29, 0.717) is 39.7 Å². The van der Waals surface area contributed by atoms with Crippen molar-refractivity contribution in [2.24, 2.45) is 5.73 Å². The van der Waals surface area contributed by atoms with Crippen LogP contribution in [0, 0.1) is 11.6 Å². The van der Waals surface area contributed by atoms with Crippen molar-refractivity contribution in [3.05, 3.63) is 57.6 Å². The van der Waals surface area contributed by atoms with E-state index >= 15 is 0 Å². The maximum Gasteiger partial charge on any atom is 0.150 e. The number of hydrogen-bond donors (Lipinski definition) is 2. The second-order valence-corrected chi connectivity index (χ2v) is 6.45. The quantitative estimate of drug-likeness (QED) is 0.557. The van der Waals surface area contributed by atoms with Gasteiger partial charge in [0.1, 0.15) is 11.6 Å². The molecule has 0 saturated heterocycles. The number of hydrogen-bond acceptors (Lipinski definition) is 1. The first kappa shape index (κ1) is 17.2. The molecule has 0 aliphatic rings. The maximum atomic E-state index is 14.2. The molecule has 3 aromatic rings. The second-order valence-electron chi connectivity index (χ2n) is 5.63. The van der Waals surface area contributed by atoms with Crippen LogP contribution < -0.4 is 5.73 Å². The van der Waals surface area contributed by atoms with Crippen LogP contribution in [0.4, 0.5) is 8.78 Å². The molecule has 0 radical (unpaired) electrons. The van der Waals surface area contributed by atoms with E-state index in [4.69, 9.17) is 28.9 Å². The van der Waals surface area contributed by atoms with Crippen molar-refractivity contribution in [1.29, 1.82) is 0 Å². The number of halogens is 4. The van der Waals surface area contributed by atoms with Crippen molar-refractivity contribution < 1.29 is 8.78 Å². The molecule has 2 nitrogen and oxygen atoms in total. The van der Waals surface area contributed by atoms with E-state index in [0.717, 1.165) is 24.5 Å². The number of nitrogens with two attached hydrogens (primary N) is 1. The molecule has 0 aliphatic heterocycles. The van der Waals surface area contributed by atoms with E-state index in [2.05, 4.69) is 4.98 Å². The highest BCUT2D eigenvalue weighted by Gasteiger charge is 2.20. The zero-order chi connectivity index (χ0) is 17.3. The summed E-state index contributed by atoms with van der Waals surface area (Å²) >= 11 is 12.6. The average molecular weight is 369 g/mol. The van der Waals surface area contributed by atoms with Crippen LogP contribution in [0.5, 0.6) is 0 Å². The van der Waals surface area contributed by atoms with Gasteiger partial charge in [-0.05, 0) is 49.6 Å². The van der Waals surface area contributed by atoms with Gasteiger partial charge in [-0.25, -0.2) is 8.78 Å². The van der Waals surface area contributed by atoms with Gasteiger partial charge in [0.25, 0.3) is 0 Å². The first-order valence-electron chi connectivity index (χ1n) is 7.67. The van der Waals surface area contributed by atoms with Gasteiger partial charge in [-0.3, -0.25) is 0 Å². The molecular formula is C18H16Cl2F2N2. The molecule has 1 heterocycles. The maximum absolute atomic E-state index is 14.2. The minimum Gasteiger partial charge on any atom is -0.352 e. The summed E-state index contributed by atoms with van der Waals surface area (Å²) in [4.78, 5) is 3.04. The second kappa shape index (κ2) is 7.09. The van der Waals surface area contributed by atoms with Crippen molar-refractivity contribution in [1.82, 2.24) is 4.98 Å². The summed E-state index contributed by atoms with van der Waals surface area (Å²) in [5.41, 5.74) is 7.83. The van der Waals surface area contributed by atoms with Crippen molar-refractivity contribution in [3.8, 4) is 11.3 Å². The highest BCUT2D eigenvalue weighted by atomic mass is 35.5. The molecule has 3 N–H and O–H groups in total. The van der Waals surface area contributed by atoms with E-state index in [1.165, 1.54) is 6.07 Å². The zero-order valence-corrected chi connectivity index (χ0v) is 14.3. The third kappa shape index (κ3) is 3.14. The molecule has 24 heavy (non-hydrogen) atoms. The fourth-order valence-electron chi connectivity index (χ4n) is 2.93. The number of aryl methyl sites for hydroxylation is 1. The molecule has 0 aliphatic carbocycles. The van der Waals surface area contributed by atoms with Gasteiger partial charge in [-0.1, -0.05) is 29.3 Å². The topological polar surface area (TPSA) is 41.8 Å². The van der Waals surface area contributed by atoms with Gasteiger partial charge in [0.05, 0.1) is 21.3 Å². The van der Waals surface area contributed by atoms with Crippen LogP contribution in [0.2, 0.25) is 10.0 Å². The highest BCUT2D eigenvalue weighted by Crippen LogP contribution is 2.40. The standard InChI is InChI=1S/C18H16Cl2F2N2/c19-13-5-3-6-14(20)16(13)18-11(4-1-2-7-23)12-8-10(21)9-15(22)17(12)24-18/h3,5-6,8-9,24H,1-2,4,7,23H2. The molecule has 1 aromatic heterocycles. The summed E-state index contributed by atoms with van der Waals surface area (Å²) in [6.45, 7) is 0.563. The predicted molar refractivity (Wildman–Crippen MR) is 95.7 cm³/mol. The highest BCUT2D eigenvalue weighted by molar-refractivity contribution is 6.39. The lowest BCUT2D eigenvalue weighted by Gasteiger charge is -2.09. The van der Waals surface area contributed by atoms with E-state index < -0.39 is 11.6 Å². The number of benzene rings is 2. The van der Waals surface area contributed by atoms with Crippen LogP contribution in [0.15, 0.2) is 30.3 Å². The molecule has 0 saturated carbocycles. The molecule has 0 atom stereocenters. The van der Waals surface area contributed by atoms with E-state index in [9.17, 15) is 8.78 Å². The Kier molecular flexibility index (Phi) is 5.09. The molecular weight excluding hydrogens is 353 g/mol. The summed E-state index contributed by atoms with van der Waals surface area (Å²) in [6.07, 6.45) is 2.24. The SMILES string of the molecule is NCCCCc1c(-c2c(Cl)cccc2Cl)[nH]c2c(F)cc(F)cc12. The average Bonchev–Trinajstić information content (AvgIpc) is 2.86. The van der Waals surface area contributed by atoms with Crippen molar-refractivity contribution in [3.63, 3.8) is 0 Å². The number of aromatic nitrogens is 1. The van der Waals surface area contributed by atoms with Gasteiger partial charge in [0, 0.05) is 17.0 Å². The Hall–Kier alpha value is -1.62. The molecule has 0 unspecified atom stereocenters. The molecule has 126 valence electrons. The van der Waals surface area contributed by atoms with Crippen LogP contribution >= 0.6 is 23.2 Å². The minimum absolute atomic E-state index is 0.255. The van der Waals surface area contributed by atoms with Crippen molar-refractivity contribution >= 4 is 34.1 Å². The van der Waals surface area contributed by atoms with Gasteiger partial charge in [-0.2, -0.15) is 0 Å². The zero-order valence-electron chi connectivity index (χ0n) is 12.8. The van der Waals surface area contributed by atoms with Crippen LogP contribution in [-0.4, -0.2) is 11.5 Å². The number of fused-ring (bicyclic) bond motifs is 1. The molecule has 6 heteroatoms. The number of rotatable bonds is 5. The minimum atomic E-state index is -0.639. The van der Waals surface area contributed by atoms with Gasteiger partial charge < -0.3 is 10.7 Å². The lowest BCUT2D eigenvalue weighted by molar-refractivity contribution is 0.591. The number of aromatic amines is 1. The van der Waals surface area contributed by atoms with Gasteiger partial charge in [0.2, 0.25) is 0 Å². The Morgan fingerprint density at radius 1 is 1.04 bits per heavy atom. The number of H-pyrrole nitrogens is 1. The normalized spacial score (nSPS) is 11.4. The number of nitrogens with one attached hydrogen (secondary N) is 1. The molecule has 0 fully saturated rings. The lowest BCUT2D eigenvalue weighted by Crippen LogP contribution is -1.99. The van der Waals surface area contributed by atoms with E-state index in [-0.39, 0.29) is 5.52 Å². The van der Waals surface area contributed by atoms with Gasteiger partial charge >= 0.3 is 0 Å². The van der Waals surface area contributed by atoms with Crippen LogP contribution in [0.25, 0.3) is 22.2 Å². The summed E-state index contributed by atoms with van der Waals surface area (Å²) in [7, 11) is 0. The summed E-state index contributed by atoms with van der Waals surface area (Å²) < 4.78 is 27.9. The van der Waals surface area contributed by atoms with Crippen molar-refractivity contribution in [2.45, 2.75) is 19.3 Å². The third-order valence-corrected chi connectivity index (χ3v) is 4.66. The smallest absolute Gasteiger partial charge is 0.150 e. The third-order valence-electron chi connectivity index (χ3n) is 4.03. The Labute approximate surface area is 148 Å². The largest absolute Gasteiger partial charge is 0.352 e. The Morgan fingerprint density at radius 2 is 1.75 bits per heavy atom. The number of unbranched alkanes of at least 4 members (excludes halogenated alkanes) is 1. The lowest BCUT2D eigenvalue weighted by atomic mass is 10.00. The Balaban J connectivity index is 2.26. The fourth-order valence-corrected chi connectivity index (χ4v) is 3.52. The molecule has 0 bridgehead atoms. The van der Waals surface area contributed by atoms with Crippen LogP contribution in [0.1, 0.15) is 18.4 Å². The van der Waals surface area contributed by atoms with Gasteiger partial charge in [-0.15, -0.1) is 0 Å². The Morgan fingerprint density at radius 3 is 2.42 bits per heavy atom. The monoisotopic (exact) mass is 368 g/mol. The Bertz CT molecular complexity index is 870. The first-order chi connectivity index (χ1) is 11.5. The van der Waals surface area contributed by atoms with Crippen LogP contribution in [-0.2, 0) is 6.42 Å². The van der Waals surface area contributed by atoms with Crippen LogP contribution in [0.3, 0.4) is 0 Å². The molecule has 2 aromatic carbocycles. The van der Waals surface area contributed by atoms with E-state index in [1.807, 2.05) is 0 Å². The molecule has 0 spiro atoms. The summed E-state index contributed by atoms with van der Waals surface area (Å²) in [5.74, 6) is -1.25.